The number of pyridine rings is 1. The van der Waals surface area contributed by atoms with Crippen LogP contribution in [-0.4, -0.2) is 4.98 Å². The van der Waals surface area contributed by atoms with Gasteiger partial charge in [-0.05, 0) is 23.8 Å². The zero-order chi connectivity index (χ0) is 13.2. The summed E-state index contributed by atoms with van der Waals surface area (Å²) >= 11 is 6.30. The molecule has 0 unspecified atom stereocenters. The van der Waals surface area contributed by atoms with E-state index in [0.717, 1.165) is 27.7 Å². The number of hydrogen-bond donors (Lipinski definition) is 1. The van der Waals surface area contributed by atoms with E-state index in [0.29, 0.717) is 11.6 Å². The van der Waals surface area contributed by atoms with Crippen LogP contribution in [0.5, 0.6) is 0 Å². The summed E-state index contributed by atoms with van der Waals surface area (Å²) in [6.45, 7) is 0.491. The highest BCUT2D eigenvalue weighted by Gasteiger charge is 2.06. The van der Waals surface area contributed by atoms with Crippen LogP contribution in [0.3, 0.4) is 0 Å². The van der Waals surface area contributed by atoms with Crippen LogP contribution < -0.4 is 5.73 Å². The Balaban J connectivity index is 2.13. The first-order valence-electron chi connectivity index (χ1n) is 6.12. The molecule has 3 heteroatoms. The van der Waals surface area contributed by atoms with Crippen molar-refractivity contribution in [3.8, 4) is 11.3 Å². The summed E-state index contributed by atoms with van der Waals surface area (Å²) in [5.74, 6) is 0. The van der Waals surface area contributed by atoms with Gasteiger partial charge >= 0.3 is 0 Å². The lowest BCUT2D eigenvalue weighted by Gasteiger charge is -2.07. The van der Waals surface area contributed by atoms with E-state index < -0.39 is 0 Å². The van der Waals surface area contributed by atoms with Crippen LogP contribution in [-0.2, 0) is 6.54 Å². The number of fused-ring (bicyclic) bond motifs is 1. The molecule has 2 nitrogen and oxygen atoms in total. The van der Waals surface area contributed by atoms with Gasteiger partial charge in [0.25, 0.3) is 0 Å². The Morgan fingerprint density at radius 1 is 1.00 bits per heavy atom. The van der Waals surface area contributed by atoms with E-state index in [9.17, 15) is 0 Å². The molecule has 1 aromatic heterocycles. The molecule has 0 spiro atoms. The molecule has 0 saturated heterocycles. The molecule has 0 aliphatic heterocycles. The van der Waals surface area contributed by atoms with E-state index in [2.05, 4.69) is 11.1 Å². The van der Waals surface area contributed by atoms with E-state index in [1.807, 2.05) is 48.5 Å². The first-order valence-corrected chi connectivity index (χ1v) is 6.50. The maximum Gasteiger partial charge on any atom is 0.0724 e. The maximum atomic E-state index is 6.30. The van der Waals surface area contributed by atoms with Gasteiger partial charge in [0.15, 0.2) is 0 Å². The highest BCUT2D eigenvalue weighted by atomic mass is 35.5. The second kappa shape index (κ2) is 5.00. The summed E-state index contributed by atoms with van der Waals surface area (Å²) < 4.78 is 0. The fourth-order valence-electron chi connectivity index (χ4n) is 2.11. The molecule has 19 heavy (non-hydrogen) atoms. The van der Waals surface area contributed by atoms with Gasteiger partial charge in [0.05, 0.1) is 16.2 Å². The number of hydrogen-bond acceptors (Lipinski definition) is 2. The van der Waals surface area contributed by atoms with Crippen LogP contribution in [0.4, 0.5) is 0 Å². The van der Waals surface area contributed by atoms with Crippen LogP contribution in [0, 0.1) is 0 Å². The lowest BCUT2D eigenvalue weighted by Crippen LogP contribution is -1.96. The lowest BCUT2D eigenvalue weighted by molar-refractivity contribution is 1.07. The molecule has 0 atom stereocenters. The van der Waals surface area contributed by atoms with E-state index in [1.54, 1.807) is 0 Å². The van der Waals surface area contributed by atoms with Crippen LogP contribution in [0.2, 0.25) is 5.02 Å². The summed E-state index contributed by atoms with van der Waals surface area (Å²) in [7, 11) is 0. The molecular weight excluding hydrogens is 256 g/mol. The minimum absolute atomic E-state index is 0.491. The molecule has 0 fully saturated rings. The monoisotopic (exact) mass is 268 g/mol. The third kappa shape index (κ3) is 2.33. The Labute approximate surface area is 116 Å². The molecule has 3 rings (SSSR count). The molecule has 94 valence electrons. The summed E-state index contributed by atoms with van der Waals surface area (Å²) in [4.78, 5) is 4.65. The summed E-state index contributed by atoms with van der Waals surface area (Å²) in [6.07, 6.45) is 0. The van der Waals surface area contributed by atoms with Gasteiger partial charge in [-0.15, -0.1) is 0 Å². The van der Waals surface area contributed by atoms with E-state index in [4.69, 9.17) is 17.3 Å². The van der Waals surface area contributed by atoms with Crippen molar-refractivity contribution < 1.29 is 0 Å². The van der Waals surface area contributed by atoms with Crippen LogP contribution in [0.1, 0.15) is 5.56 Å². The van der Waals surface area contributed by atoms with Crippen LogP contribution >= 0.6 is 11.6 Å². The van der Waals surface area contributed by atoms with Gasteiger partial charge in [-0.1, -0.05) is 48.0 Å². The topological polar surface area (TPSA) is 38.9 Å². The Hall–Kier alpha value is -1.90. The van der Waals surface area contributed by atoms with Crippen molar-refractivity contribution in [2.24, 2.45) is 5.73 Å². The van der Waals surface area contributed by atoms with Crippen molar-refractivity contribution in [1.82, 2.24) is 4.98 Å². The Morgan fingerprint density at radius 3 is 2.63 bits per heavy atom. The Kier molecular flexibility index (Phi) is 3.20. The van der Waals surface area contributed by atoms with E-state index >= 15 is 0 Å². The molecule has 1 heterocycles. The number of benzene rings is 2. The molecule has 2 aromatic carbocycles. The molecule has 3 aromatic rings. The van der Waals surface area contributed by atoms with Gasteiger partial charge in [-0.25, -0.2) is 4.98 Å². The number of nitrogens with zero attached hydrogens (tertiary/aromatic N) is 1. The minimum Gasteiger partial charge on any atom is -0.326 e. The van der Waals surface area contributed by atoms with Crippen molar-refractivity contribution in [2.75, 3.05) is 0 Å². The quantitative estimate of drug-likeness (QED) is 0.763. The fourth-order valence-corrected chi connectivity index (χ4v) is 2.41. The van der Waals surface area contributed by atoms with Crippen molar-refractivity contribution >= 4 is 22.5 Å². The molecule has 0 bridgehead atoms. The lowest BCUT2D eigenvalue weighted by atomic mass is 10.1. The van der Waals surface area contributed by atoms with Gasteiger partial charge in [0, 0.05) is 17.5 Å². The SMILES string of the molecule is NCc1ccc(-c2ccc3ccccc3n2)c(Cl)c1. The number of aromatic nitrogens is 1. The second-order valence-corrected chi connectivity index (χ2v) is 4.81. The Bertz CT molecular complexity index is 738. The van der Waals surface area contributed by atoms with Crippen LogP contribution in [0.25, 0.3) is 22.2 Å². The number of nitrogens with two attached hydrogens (primary N) is 1. The standard InChI is InChI=1S/C16H13ClN2/c17-14-9-11(10-18)5-7-13(14)16-8-6-12-3-1-2-4-15(12)19-16/h1-9H,10,18H2. The normalized spacial score (nSPS) is 10.8. The second-order valence-electron chi connectivity index (χ2n) is 4.41. The molecule has 0 aliphatic rings. The average molecular weight is 269 g/mol. The van der Waals surface area contributed by atoms with Gasteiger partial charge in [0.2, 0.25) is 0 Å². The number of para-hydroxylation sites is 1. The molecule has 0 aliphatic carbocycles. The average Bonchev–Trinajstić information content (AvgIpc) is 2.46. The third-order valence-electron chi connectivity index (χ3n) is 3.14. The highest BCUT2D eigenvalue weighted by molar-refractivity contribution is 6.33. The largest absolute Gasteiger partial charge is 0.326 e. The van der Waals surface area contributed by atoms with E-state index in [-0.39, 0.29) is 0 Å². The number of rotatable bonds is 2. The van der Waals surface area contributed by atoms with Crippen molar-refractivity contribution in [2.45, 2.75) is 6.54 Å². The molecule has 0 saturated carbocycles. The fraction of sp³-hybridized carbons (Fsp3) is 0.0625. The molecule has 2 N–H and O–H groups in total. The first kappa shape index (κ1) is 12.2. The van der Waals surface area contributed by atoms with Gasteiger partial charge < -0.3 is 5.73 Å². The van der Waals surface area contributed by atoms with Gasteiger partial charge in [0.1, 0.15) is 0 Å². The smallest absolute Gasteiger partial charge is 0.0724 e. The Morgan fingerprint density at radius 2 is 1.84 bits per heavy atom. The minimum atomic E-state index is 0.491. The van der Waals surface area contributed by atoms with Crippen molar-refractivity contribution in [3.63, 3.8) is 0 Å². The molecule has 0 radical (unpaired) electrons. The van der Waals surface area contributed by atoms with Gasteiger partial charge in [-0.3, -0.25) is 0 Å². The first-order chi connectivity index (χ1) is 9.28. The van der Waals surface area contributed by atoms with E-state index in [1.165, 1.54) is 0 Å². The zero-order valence-electron chi connectivity index (χ0n) is 10.3. The van der Waals surface area contributed by atoms with Gasteiger partial charge in [-0.2, -0.15) is 0 Å². The predicted octanol–water partition coefficient (Wildman–Crippen LogP) is 4.01. The summed E-state index contributed by atoms with van der Waals surface area (Å²) in [5.41, 5.74) is 9.42. The summed E-state index contributed by atoms with van der Waals surface area (Å²) in [6, 6.07) is 17.9. The maximum absolute atomic E-state index is 6.30. The predicted molar refractivity (Wildman–Crippen MR) is 80.1 cm³/mol. The van der Waals surface area contributed by atoms with Crippen molar-refractivity contribution in [3.05, 3.63) is 65.2 Å². The molecular formula is C16H13ClN2. The third-order valence-corrected chi connectivity index (χ3v) is 3.46. The van der Waals surface area contributed by atoms with Crippen molar-refractivity contribution in [1.29, 1.82) is 0 Å². The number of halogens is 1. The molecule has 0 amide bonds. The van der Waals surface area contributed by atoms with Crippen LogP contribution in [0.15, 0.2) is 54.6 Å². The summed E-state index contributed by atoms with van der Waals surface area (Å²) in [5, 5.41) is 1.81. The zero-order valence-corrected chi connectivity index (χ0v) is 11.1. The highest BCUT2D eigenvalue weighted by Crippen LogP contribution is 2.28.